The summed E-state index contributed by atoms with van der Waals surface area (Å²) in [4.78, 5) is 19.6. The zero-order valence-corrected chi connectivity index (χ0v) is 24.7. The fourth-order valence-corrected chi connectivity index (χ4v) is 12.0. The fourth-order valence-electron chi connectivity index (χ4n) is 12.0. The molecule has 1 heterocycles. The molecule has 0 radical (unpaired) electrons. The van der Waals surface area contributed by atoms with Gasteiger partial charge in [0.15, 0.2) is 0 Å². The average molecular weight is 533 g/mol. The third kappa shape index (κ3) is 3.44. The van der Waals surface area contributed by atoms with Crippen molar-refractivity contribution in [3.8, 4) is 0 Å². The highest BCUT2D eigenvalue weighted by atomic mass is 16.4. The van der Waals surface area contributed by atoms with E-state index in [0.29, 0.717) is 36.2 Å². The van der Waals surface area contributed by atoms with E-state index in [1.807, 2.05) is 0 Å². The Morgan fingerprint density at radius 3 is 2.33 bits per heavy atom. The second-order valence-corrected chi connectivity index (χ2v) is 15.3. The molecule has 4 fully saturated rings. The largest absolute Gasteiger partial charge is 0.475 e. The van der Waals surface area contributed by atoms with Crippen molar-refractivity contribution in [3.63, 3.8) is 0 Å². The molecule has 0 bridgehead atoms. The van der Waals surface area contributed by atoms with E-state index in [1.165, 1.54) is 44.1 Å². The summed E-state index contributed by atoms with van der Waals surface area (Å²) >= 11 is 0. The first-order valence-electron chi connectivity index (χ1n) is 15.4. The fraction of sp³-hybridized carbons (Fsp3) is 0.735. The summed E-state index contributed by atoms with van der Waals surface area (Å²) in [5.74, 6) is 1.77. The summed E-state index contributed by atoms with van der Waals surface area (Å²) in [5.41, 5.74) is 3.08. The monoisotopic (exact) mass is 532 g/mol. The van der Waals surface area contributed by atoms with Crippen LogP contribution in [0.4, 0.5) is 0 Å². The van der Waals surface area contributed by atoms with Crippen molar-refractivity contribution in [2.75, 3.05) is 6.61 Å². The Bertz CT molecular complexity index is 1210. The summed E-state index contributed by atoms with van der Waals surface area (Å²) in [6.07, 6.45) is 18.9. The van der Waals surface area contributed by atoms with Crippen molar-refractivity contribution < 1.29 is 15.0 Å². The van der Waals surface area contributed by atoms with Crippen LogP contribution in [0, 0.1) is 56.7 Å². The molecule has 5 nitrogen and oxygen atoms in total. The number of rotatable bonds is 4. The smallest absolute Gasteiger partial charge is 0.373 e. The maximum absolute atomic E-state index is 11.3. The molecule has 212 valence electrons. The number of aromatic carboxylic acids is 1. The molecule has 4 saturated carbocycles. The molecule has 6 rings (SSSR count). The summed E-state index contributed by atoms with van der Waals surface area (Å²) < 4.78 is 0. The summed E-state index contributed by atoms with van der Waals surface area (Å²) in [7, 11) is 0. The van der Waals surface area contributed by atoms with E-state index >= 15 is 0 Å². The maximum atomic E-state index is 11.3. The first kappa shape index (κ1) is 27.2. The Labute approximate surface area is 234 Å². The van der Waals surface area contributed by atoms with Crippen molar-refractivity contribution in [3.05, 3.63) is 42.5 Å². The maximum Gasteiger partial charge on any atom is 0.373 e. The van der Waals surface area contributed by atoms with E-state index in [0.717, 1.165) is 24.8 Å². The van der Waals surface area contributed by atoms with Crippen molar-refractivity contribution in [2.45, 2.75) is 92.4 Å². The summed E-state index contributed by atoms with van der Waals surface area (Å²) in [6.45, 7) is 17.3. The van der Waals surface area contributed by atoms with Crippen molar-refractivity contribution >= 4 is 11.5 Å². The first-order chi connectivity index (χ1) is 18.4. The standard InChI is InChI=1S/C34H48N2O3/c1-7-21-10-15-34(20-37)17-16-32(5)24(27(21)34)8-9-26-31(4)13-11-23(22-18-35-28(29(38)39)36-19-22)30(2,3)25(31)12-14-33(26,32)6/h7,11,18-19,21,24-27,37H,1,8-10,12-17,20H2,2-6H3,(H,38,39)/t21-,24-,25+,26-,27?,31+,32-,33-,34-/m1/s1. The number of fused-ring (bicyclic) bond motifs is 7. The minimum Gasteiger partial charge on any atom is -0.475 e. The molecule has 1 unspecified atom stereocenters. The van der Waals surface area contributed by atoms with Crippen LogP contribution in [0.1, 0.15) is 109 Å². The van der Waals surface area contributed by atoms with Crippen LogP contribution in [0.25, 0.3) is 5.57 Å². The predicted octanol–water partition coefficient (Wildman–Crippen LogP) is 7.43. The molecular formula is C34H48N2O3. The number of hydrogen-bond donors (Lipinski definition) is 2. The third-order valence-electron chi connectivity index (χ3n) is 14.0. The molecule has 5 heteroatoms. The molecule has 5 aliphatic carbocycles. The SMILES string of the molecule is C=C[C@@H]1CC[C@]2(CO)CC[C@]3(C)[C@H](CC[C@@H]4[C@@]5(C)CC=C(c6cnc(C(=O)O)nc6)C(C)(C)[C@@H]5CC[C@]43C)C12. The zero-order valence-electron chi connectivity index (χ0n) is 24.7. The van der Waals surface area contributed by atoms with Gasteiger partial charge in [0.1, 0.15) is 0 Å². The summed E-state index contributed by atoms with van der Waals surface area (Å²) in [6, 6.07) is 0. The molecule has 0 spiro atoms. The van der Waals surface area contributed by atoms with Gasteiger partial charge in [-0.15, -0.1) is 6.58 Å². The van der Waals surface area contributed by atoms with Gasteiger partial charge >= 0.3 is 5.97 Å². The number of carboxylic acid groups (broad SMARTS) is 1. The molecule has 1 aromatic heterocycles. The van der Waals surface area contributed by atoms with E-state index in [1.54, 1.807) is 12.4 Å². The van der Waals surface area contributed by atoms with Crippen LogP contribution in [0.5, 0.6) is 0 Å². The van der Waals surface area contributed by atoms with Gasteiger partial charge in [-0.3, -0.25) is 0 Å². The number of carbonyl (C=O) groups is 1. The molecule has 9 atom stereocenters. The number of carboxylic acids is 1. The highest BCUT2D eigenvalue weighted by molar-refractivity contribution is 5.83. The Morgan fingerprint density at radius 2 is 1.69 bits per heavy atom. The van der Waals surface area contributed by atoms with Gasteiger partial charge in [-0.2, -0.15) is 0 Å². The number of aliphatic hydroxyl groups is 1. The first-order valence-corrected chi connectivity index (χ1v) is 15.4. The van der Waals surface area contributed by atoms with Gasteiger partial charge in [0.25, 0.3) is 0 Å². The molecule has 0 aliphatic heterocycles. The highest BCUT2D eigenvalue weighted by Crippen LogP contribution is 2.77. The number of aromatic nitrogens is 2. The van der Waals surface area contributed by atoms with Crippen LogP contribution < -0.4 is 0 Å². The van der Waals surface area contributed by atoms with Gasteiger partial charge in [-0.05, 0) is 120 Å². The van der Waals surface area contributed by atoms with Crippen LogP contribution in [-0.2, 0) is 0 Å². The van der Waals surface area contributed by atoms with Gasteiger partial charge < -0.3 is 10.2 Å². The Hall–Kier alpha value is -2.01. The molecule has 0 aromatic carbocycles. The lowest BCUT2D eigenvalue weighted by molar-refractivity contribution is -0.228. The van der Waals surface area contributed by atoms with Crippen LogP contribution in [-0.4, -0.2) is 32.8 Å². The lowest BCUT2D eigenvalue weighted by Gasteiger charge is -2.72. The molecule has 5 aliphatic rings. The van der Waals surface area contributed by atoms with Gasteiger partial charge in [0, 0.05) is 24.6 Å². The van der Waals surface area contributed by atoms with Crippen molar-refractivity contribution in [1.29, 1.82) is 0 Å². The van der Waals surface area contributed by atoms with E-state index in [9.17, 15) is 15.0 Å². The molecule has 1 aromatic rings. The second kappa shape index (κ2) is 8.74. The average Bonchev–Trinajstić information content (AvgIpc) is 3.28. The van der Waals surface area contributed by atoms with E-state index < -0.39 is 5.97 Å². The van der Waals surface area contributed by atoms with Crippen molar-refractivity contribution in [2.24, 2.45) is 56.7 Å². The molecule has 0 amide bonds. The quantitative estimate of drug-likeness (QED) is 0.394. The van der Waals surface area contributed by atoms with Gasteiger partial charge in [0.05, 0.1) is 0 Å². The van der Waals surface area contributed by atoms with E-state index in [-0.39, 0.29) is 32.9 Å². The van der Waals surface area contributed by atoms with Gasteiger partial charge in [-0.1, -0.05) is 46.8 Å². The number of allylic oxidation sites excluding steroid dienone is 3. The number of hydrogen-bond acceptors (Lipinski definition) is 4. The summed E-state index contributed by atoms with van der Waals surface area (Å²) in [5, 5.41) is 19.9. The van der Waals surface area contributed by atoms with E-state index in [4.69, 9.17) is 0 Å². The number of aliphatic hydroxyl groups excluding tert-OH is 1. The lowest BCUT2D eigenvalue weighted by atomic mass is 9.32. The number of nitrogens with zero attached hydrogens (tertiary/aromatic N) is 2. The minimum absolute atomic E-state index is 0.0435. The van der Waals surface area contributed by atoms with Crippen molar-refractivity contribution in [1.82, 2.24) is 9.97 Å². The Morgan fingerprint density at radius 1 is 0.974 bits per heavy atom. The van der Waals surface area contributed by atoms with E-state index in [2.05, 4.69) is 63.3 Å². The van der Waals surface area contributed by atoms with Crippen LogP contribution in [0.3, 0.4) is 0 Å². The van der Waals surface area contributed by atoms with Crippen LogP contribution in [0.15, 0.2) is 31.1 Å². The minimum atomic E-state index is -1.09. The second-order valence-electron chi connectivity index (χ2n) is 15.3. The molecule has 0 saturated heterocycles. The van der Waals surface area contributed by atoms with Gasteiger partial charge in [0.2, 0.25) is 5.82 Å². The topological polar surface area (TPSA) is 83.3 Å². The molecule has 2 N–H and O–H groups in total. The van der Waals surface area contributed by atoms with Gasteiger partial charge in [-0.25, -0.2) is 14.8 Å². The highest BCUT2D eigenvalue weighted by Gasteiger charge is 2.70. The Balaban J connectivity index is 1.36. The Kier molecular flexibility index (Phi) is 6.09. The van der Waals surface area contributed by atoms with Crippen LogP contribution >= 0.6 is 0 Å². The third-order valence-corrected chi connectivity index (χ3v) is 14.0. The predicted molar refractivity (Wildman–Crippen MR) is 154 cm³/mol. The zero-order chi connectivity index (χ0) is 28.0. The molecular weight excluding hydrogens is 484 g/mol. The lowest BCUT2D eigenvalue weighted by Crippen LogP contribution is -2.65. The normalized spacial score (nSPS) is 46.2. The van der Waals surface area contributed by atoms with Crippen LogP contribution in [0.2, 0.25) is 0 Å². The molecule has 39 heavy (non-hydrogen) atoms.